The van der Waals surface area contributed by atoms with E-state index in [1.54, 1.807) is 30.3 Å². The zero-order valence-corrected chi connectivity index (χ0v) is 12.3. The van der Waals surface area contributed by atoms with Crippen molar-refractivity contribution in [3.8, 4) is 0 Å². The lowest BCUT2D eigenvalue weighted by atomic mass is 10.1. The second kappa shape index (κ2) is 9.15. The summed E-state index contributed by atoms with van der Waals surface area (Å²) < 4.78 is 5.15. The Bertz CT molecular complexity index is 487. The number of hydrogen-bond donors (Lipinski definition) is 2. The summed E-state index contributed by atoms with van der Waals surface area (Å²) in [6.07, 6.45) is 2.35. The van der Waals surface area contributed by atoms with Crippen LogP contribution >= 0.6 is 11.6 Å². The zero-order valence-electron chi connectivity index (χ0n) is 11.5. The van der Waals surface area contributed by atoms with E-state index < -0.39 is 12.0 Å². The van der Waals surface area contributed by atoms with Gasteiger partial charge in [0, 0.05) is 18.1 Å². The van der Waals surface area contributed by atoms with Gasteiger partial charge in [-0.1, -0.05) is 29.8 Å². The van der Waals surface area contributed by atoms with Crippen LogP contribution in [0.15, 0.2) is 36.9 Å². The van der Waals surface area contributed by atoms with Crippen molar-refractivity contribution >= 4 is 23.5 Å². The van der Waals surface area contributed by atoms with Crippen molar-refractivity contribution in [2.75, 3.05) is 13.2 Å². The third-order valence-electron chi connectivity index (χ3n) is 2.68. The molecule has 1 aromatic carbocycles. The number of carboxylic acids is 1. The number of carbonyl (C=O) groups is 2. The number of hydrogen-bond acceptors (Lipinski definition) is 3. The van der Waals surface area contributed by atoms with E-state index >= 15 is 0 Å². The van der Waals surface area contributed by atoms with Crippen LogP contribution in [0.3, 0.4) is 0 Å². The maximum absolute atomic E-state index is 11.8. The van der Waals surface area contributed by atoms with Crippen LogP contribution in [-0.2, 0) is 14.3 Å². The lowest BCUT2D eigenvalue weighted by Gasteiger charge is -2.15. The van der Waals surface area contributed by atoms with Gasteiger partial charge in [-0.05, 0) is 24.1 Å². The van der Waals surface area contributed by atoms with E-state index in [-0.39, 0.29) is 12.3 Å². The molecule has 1 unspecified atom stereocenters. The number of aliphatic carboxylic acids is 1. The summed E-state index contributed by atoms with van der Waals surface area (Å²) in [5.74, 6) is -1.45. The molecule has 0 spiro atoms. The first-order valence-corrected chi connectivity index (χ1v) is 6.88. The molecule has 0 bridgehead atoms. The van der Waals surface area contributed by atoms with Crippen LogP contribution < -0.4 is 5.32 Å². The molecule has 0 radical (unpaired) electrons. The summed E-state index contributed by atoms with van der Waals surface area (Å²) in [5, 5.41) is 12.2. The first-order chi connectivity index (χ1) is 10.0. The molecule has 0 saturated heterocycles. The van der Waals surface area contributed by atoms with Gasteiger partial charge in [-0.2, -0.15) is 0 Å². The molecular formula is C15H18ClNO4. The Morgan fingerprint density at radius 1 is 1.38 bits per heavy atom. The quantitative estimate of drug-likeness (QED) is 0.543. The Morgan fingerprint density at radius 3 is 2.62 bits per heavy atom. The van der Waals surface area contributed by atoms with Crippen LogP contribution in [0.1, 0.15) is 24.4 Å². The standard InChI is InChI=1S/C15H18ClNO4/c1-2-9-21-10-3-4-13(18)17-14(15(19)20)11-5-7-12(16)8-6-11/h2,5-8,14H,1,3-4,9-10H2,(H,17,18)(H,19,20). The van der Waals surface area contributed by atoms with E-state index in [0.717, 1.165) is 0 Å². The molecule has 0 aromatic heterocycles. The van der Waals surface area contributed by atoms with Gasteiger partial charge in [0.1, 0.15) is 0 Å². The first kappa shape index (κ1) is 17.2. The van der Waals surface area contributed by atoms with Gasteiger partial charge < -0.3 is 15.2 Å². The van der Waals surface area contributed by atoms with Crippen molar-refractivity contribution in [1.82, 2.24) is 5.32 Å². The van der Waals surface area contributed by atoms with Gasteiger partial charge in [-0.25, -0.2) is 4.79 Å². The predicted octanol–water partition coefficient (Wildman–Crippen LogP) is 2.56. The van der Waals surface area contributed by atoms with E-state index in [1.165, 1.54) is 0 Å². The molecule has 0 saturated carbocycles. The van der Waals surface area contributed by atoms with Gasteiger partial charge in [-0.3, -0.25) is 4.79 Å². The second-order valence-corrected chi connectivity index (χ2v) is 4.79. The number of amides is 1. The van der Waals surface area contributed by atoms with Gasteiger partial charge in [0.25, 0.3) is 0 Å². The summed E-state index contributed by atoms with van der Waals surface area (Å²) in [6, 6.07) is 5.25. The topological polar surface area (TPSA) is 75.6 Å². The van der Waals surface area contributed by atoms with E-state index in [9.17, 15) is 14.7 Å². The smallest absolute Gasteiger partial charge is 0.330 e. The summed E-state index contributed by atoms with van der Waals surface area (Å²) >= 11 is 5.76. The third kappa shape index (κ3) is 6.42. The second-order valence-electron chi connectivity index (χ2n) is 4.36. The predicted molar refractivity (Wildman–Crippen MR) is 80.2 cm³/mol. The minimum absolute atomic E-state index is 0.203. The van der Waals surface area contributed by atoms with E-state index in [2.05, 4.69) is 11.9 Å². The fraction of sp³-hybridized carbons (Fsp3) is 0.333. The SMILES string of the molecule is C=CCOCCCC(=O)NC(C(=O)O)c1ccc(Cl)cc1. The highest BCUT2D eigenvalue weighted by atomic mass is 35.5. The Hall–Kier alpha value is -1.85. The molecule has 1 amide bonds. The van der Waals surface area contributed by atoms with Crippen LogP contribution in [-0.4, -0.2) is 30.2 Å². The van der Waals surface area contributed by atoms with Gasteiger partial charge >= 0.3 is 5.97 Å². The maximum Gasteiger partial charge on any atom is 0.330 e. The molecule has 114 valence electrons. The van der Waals surface area contributed by atoms with Crippen LogP contribution in [0.2, 0.25) is 5.02 Å². The summed E-state index contributed by atoms with van der Waals surface area (Å²) in [5.41, 5.74) is 0.475. The molecule has 1 atom stereocenters. The van der Waals surface area contributed by atoms with Gasteiger partial charge in [-0.15, -0.1) is 6.58 Å². The monoisotopic (exact) mass is 311 g/mol. The molecule has 5 nitrogen and oxygen atoms in total. The molecule has 1 rings (SSSR count). The average Bonchev–Trinajstić information content (AvgIpc) is 2.45. The normalized spacial score (nSPS) is 11.7. The minimum atomic E-state index is -1.12. The van der Waals surface area contributed by atoms with E-state index in [1.807, 2.05) is 0 Å². The summed E-state index contributed by atoms with van der Waals surface area (Å²) in [6.45, 7) is 4.38. The average molecular weight is 312 g/mol. The number of ether oxygens (including phenoxy) is 1. The summed E-state index contributed by atoms with van der Waals surface area (Å²) in [7, 11) is 0. The Morgan fingerprint density at radius 2 is 2.05 bits per heavy atom. The van der Waals surface area contributed by atoms with Crippen LogP contribution in [0.4, 0.5) is 0 Å². The van der Waals surface area contributed by atoms with E-state index in [0.29, 0.717) is 30.2 Å². The number of nitrogens with one attached hydrogen (secondary N) is 1. The van der Waals surface area contributed by atoms with Crippen molar-refractivity contribution in [3.05, 3.63) is 47.5 Å². The third-order valence-corrected chi connectivity index (χ3v) is 2.94. The lowest BCUT2D eigenvalue weighted by Crippen LogP contribution is -2.33. The van der Waals surface area contributed by atoms with Crippen molar-refractivity contribution in [3.63, 3.8) is 0 Å². The fourth-order valence-corrected chi connectivity index (χ4v) is 1.80. The highest BCUT2D eigenvalue weighted by molar-refractivity contribution is 6.30. The molecule has 0 fully saturated rings. The highest BCUT2D eigenvalue weighted by Gasteiger charge is 2.21. The van der Waals surface area contributed by atoms with Crippen LogP contribution in [0.5, 0.6) is 0 Å². The van der Waals surface area contributed by atoms with Crippen LogP contribution in [0, 0.1) is 0 Å². The fourth-order valence-electron chi connectivity index (χ4n) is 1.68. The molecule has 0 heterocycles. The Labute approximate surface area is 128 Å². The number of benzene rings is 1. The molecule has 2 N–H and O–H groups in total. The number of rotatable bonds is 9. The van der Waals surface area contributed by atoms with Crippen molar-refractivity contribution < 1.29 is 19.4 Å². The van der Waals surface area contributed by atoms with Gasteiger partial charge in [0.05, 0.1) is 6.61 Å². The molecule has 0 aliphatic heterocycles. The molecule has 0 aliphatic carbocycles. The van der Waals surface area contributed by atoms with Gasteiger partial charge in [0.2, 0.25) is 5.91 Å². The minimum Gasteiger partial charge on any atom is -0.479 e. The Kier molecular flexibility index (Phi) is 7.50. The number of carboxylic acid groups (broad SMARTS) is 1. The first-order valence-electron chi connectivity index (χ1n) is 6.51. The largest absolute Gasteiger partial charge is 0.479 e. The van der Waals surface area contributed by atoms with Crippen molar-refractivity contribution in [1.29, 1.82) is 0 Å². The highest BCUT2D eigenvalue weighted by Crippen LogP contribution is 2.17. The summed E-state index contributed by atoms with van der Waals surface area (Å²) in [4.78, 5) is 23.0. The molecule has 6 heteroatoms. The zero-order chi connectivity index (χ0) is 15.7. The van der Waals surface area contributed by atoms with Crippen LogP contribution in [0.25, 0.3) is 0 Å². The Balaban J connectivity index is 2.51. The maximum atomic E-state index is 11.8. The molecule has 1 aromatic rings. The van der Waals surface area contributed by atoms with Crippen molar-refractivity contribution in [2.24, 2.45) is 0 Å². The van der Waals surface area contributed by atoms with E-state index in [4.69, 9.17) is 16.3 Å². The number of carbonyl (C=O) groups excluding carboxylic acids is 1. The molecule has 0 aliphatic rings. The van der Waals surface area contributed by atoms with Gasteiger partial charge in [0.15, 0.2) is 6.04 Å². The molecular weight excluding hydrogens is 294 g/mol. The number of halogens is 1. The lowest BCUT2D eigenvalue weighted by molar-refractivity contribution is -0.142. The van der Waals surface area contributed by atoms with Crippen molar-refractivity contribution in [2.45, 2.75) is 18.9 Å². The molecule has 21 heavy (non-hydrogen) atoms.